The lowest BCUT2D eigenvalue weighted by Crippen LogP contribution is -2.41. The largest absolute Gasteiger partial charge is 0.342 e. The van der Waals surface area contributed by atoms with Crippen LogP contribution >= 0.6 is 0 Å². The Morgan fingerprint density at radius 2 is 1.71 bits per heavy atom. The molecule has 0 N–H and O–H groups in total. The molecular weight excluding hydrogens is 298 g/mol. The third-order valence-corrected chi connectivity index (χ3v) is 6.28. The summed E-state index contributed by atoms with van der Waals surface area (Å²) < 4.78 is 2.38. The minimum atomic E-state index is 0.306. The van der Waals surface area contributed by atoms with Crippen LogP contribution in [0.5, 0.6) is 0 Å². The fraction of sp³-hybridized carbons (Fsp3) is 0.800. The van der Waals surface area contributed by atoms with Gasteiger partial charge in [0.25, 0.3) is 0 Å². The third-order valence-electron chi connectivity index (χ3n) is 6.28. The van der Waals surface area contributed by atoms with E-state index in [1.54, 1.807) is 0 Å². The molecule has 0 atom stereocenters. The van der Waals surface area contributed by atoms with Gasteiger partial charge in [0, 0.05) is 43.9 Å². The molecule has 0 radical (unpaired) electrons. The summed E-state index contributed by atoms with van der Waals surface area (Å²) in [5, 5.41) is 0. The van der Waals surface area contributed by atoms with Crippen molar-refractivity contribution in [2.75, 3.05) is 13.1 Å². The van der Waals surface area contributed by atoms with Gasteiger partial charge in [-0.15, -0.1) is 0 Å². The topological polar surface area (TPSA) is 38.1 Å². The van der Waals surface area contributed by atoms with Crippen molar-refractivity contribution in [3.63, 3.8) is 0 Å². The van der Waals surface area contributed by atoms with Crippen molar-refractivity contribution in [2.24, 2.45) is 11.8 Å². The van der Waals surface area contributed by atoms with Crippen LogP contribution in [0.15, 0.2) is 12.4 Å². The van der Waals surface area contributed by atoms with Gasteiger partial charge in [0.15, 0.2) is 0 Å². The van der Waals surface area contributed by atoms with Crippen molar-refractivity contribution in [3.05, 3.63) is 18.2 Å². The average Bonchev–Trinajstić information content (AvgIpc) is 3.37. The zero-order valence-electron chi connectivity index (χ0n) is 14.8. The normalized spacial score (nSPS) is 24.1. The molecule has 0 spiro atoms. The molecule has 1 saturated heterocycles. The van der Waals surface area contributed by atoms with E-state index in [1.165, 1.54) is 44.3 Å². The summed E-state index contributed by atoms with van der Waals surface area (Å²) in [5.74, 6) is 3.44. The molecule has 2 heterocycles. The van der Waals surface area contributed by atoms with Gasteiger partial charge in [-0.25, -0.2) is 4.98 Å². The summed E-state index contributed by atoms with van der Waals surface area (Å²) in [6.45, 7) is 3.00. The van der Waals surface area contributed by atoms with Gasteiger partial charge in [-0.05, 0) is 44.4 Å². The van der Waals surface area contributed by atoms with Gasteiger partial charge in [0.05, 0.1) is 0 Å². The Labute approximate surface area is 145 Å². The van der Waals surface area contributed by atoms with Crippen molar-refractivity contribution < 1.29 is 4.79 Å². The Morgan fingerprint density at radius 3 is 2.38 bits per heavy atom. The number of hydrogen-bond acceptors (Lipinski definition) is 2. The number of hydrogen-bond donors (Lipinski definition) is 0. The first kappa shape index (κ1) is 16.2. The van der Waals surface area contributed by atoms with Gasteiger partial charge >= 0.3 is 0 Å². The quantitative estimate of drug-likeness (QED) is 0.784. The van der Waals surface area contributed by atoms with Gasteiger partial charge in [-0.1, -0.05) is 25.7 Å². The van der Waals surface area contributed by atoms with Crippen molar-refractivity contribution in [1.29, 1.82) is 0 Å². The van der Waals surface area contributed by atoms with E-state index in [9.17, 15) is 4.79 Å². The Morgan fingerprint density at radius 1 is 1.00 bits per heavy atom. The van der Waals surface area contributed by atoms with E-state index in [-0.39, 0.29) is 0 Å². The van der Waals surface area contributed by atoms with Crippen LogP contribution in [0.2, 0.25) is 0 Å². The predicted octanol–water partition coefficient (Wildman–Crippen LogP) is 3.97. The summed E-state index contributed by atoms with van der Waals surface area (Å²) in [5.41, 5.74) is 0. The van der Waals surface area contributed by atoms with Gasteiger partial charge in [0.2, 0.25) is 5.91 Å². The second kappa shape index (κ2) is 7.28. The van der Waals surface area contributed by atoms with Crippen LogP contribution < -0.4 is 0 Å². The minimum Gasteiger partial charge on any atom is -0.342 e. The van der Waals surface area contributed by atoms with Gasteiger partial charge in [-0.2, -0.15) is 0 Å². The van der Waals surface area contributed by atoms with Gasteiger partial charge in [-0.3, -0.25) is 4.79 Å². The zero-order chi connectivity index (χ0) is 16.4. The average molecular weight is 329 g/mol. The van der Waals surface area contributed by atoms with Crippen LogP contribution in [0.1, 0.15) is 76.0 Å². The lowest BCUT2D eigenvalue weighted by Gasteiger charge is -2.34. The number of likely N-dealkylation sites (tertiary alicyclic amines) is 1. The lowest BCUT2D eigenvalue weighted by atomic mass is 9.93. The van der Waals surface area contributed by atoms with Crippen LogP contribution in [0.4, 0.5) is 0 Å². The molecule has 4 heteroatoms. The number of carbonyl (C=O) groups is 1. The van der Waals surface area contributed by atoms with Crippen LogP contribution in [0, 0.1) is 11.8 Å². The van der Waals surface area contributed by atoms with E-state index in [4.69, 9.17) is 0 Å². The maximum Gasteiger partial charge on any atom is 0.225 e. The molecule has 3 fully saturated rings. The van der Waals surface area contributed by atoms with Gasteiger partial charge < -0.3 is 9.47 Å². The Bertz CT molecular complexity index is 547. The molecule has 0 aromatic carbocycles. The Kier molecular flexibility index (Phi) is 4.91. The number of rotatable bonds is 4. The summed E-state index contributed by atoms with van der Waals surface area (Å²) >= 11 is 0. The van der Waals surface area contributed by atoms with E-state index in [2.05, 4.69) is 20.6 Å². The molecule has 2 saturated carbocycles. The first-order valence-electron chi connectivity index (χ1n) is 10.1. The number of aromatic nitrogens is 2. The first-order chi connectivity index (χ1) is 11.8. The molecule has 4 nitrogen and oxygen atoms in total. The van der Waals surface area contributed by atoms with Gasteiger partial charge in [0.1, 0.15) is 5.82 Å². The van der Waals surface area contributed by atoms with Crippen molar-refractivity contribution in [2.45, 2.75) is 76.7 Å². The van der Waals surface area contributed by atoms with E-state index in [1.807, 2.05) is 6.20 Å². The summed E-state index contributed by atoms with van der Waals surface area (Å²) in [7, 11) is 0. The molecule has 24 heavy (non-hydrogen) atoms. The van der Waals surface area contributed by atoms with Crippen LogP contribution in [-0.2, 0) is 11.3 Å². The highest BCUT2D eigenvalue weighted by molar-refractivity contribution is 5.79. The molecule has 3 aliphatic rings. The summed E-state index contributed by atoms with van der Waals surface area (Å²) in [4.78, 5) is 19.6. The molecule has 1 aromatic heterocycles. The monoisotopic (exact) mass is 329 g/mol. The highest BCUT2D eigenvalue weighted by Crippen LogP contribution is 2.34. The molecule has 132 valence electrons. The van der Waals surface area contributed by atoms with Crippen LogP contribution in [-0.4, -0.2) is 33.4 Å². The summed E-state index contributed by atoms with van der Waals surface area (Å²) in [6, 6.07) is 0. The molecule has 0 bridgehead atoms. The van der Waals surface area contributed by atoms with Crippen LogP contribution in [0.3, 0.4) is 0 Å². The van der Waals surface area contributed by atoms with Crippen molar-refractivity contribution >= 4 is 5.91 Å². The highest BCUT2D eigenvalue weighted by Gasteiger charge is 2.31. The van der Waals surface area contributed by atoms with Crippen molar-refractivity contribution in [3.8, 4) is 0 Å². The minimum absolute atomic E-state index is 0.306. The zero-order valence-corrected chi connectivity index (χ0v) is 14.8. The van der Waals surface area contributed by atoms with E-state index < -0.39 is 0 Å². The second-order valence-electron chi connectivity index (χ2n) is 8.17. The number of amides is 1. The number of piperidine rings is 1. The number of imidazole rings is 1. The fourth-order valence-electron chi connectivity index (χ4n) is 4.56. The maximum absolute atomic E-state index is 12.8. The lowest BCUT2D eigenvalue weighted by molar-refractivity contribution is -0.137. The summed E-state index contributed by atoms with van der Waals surface area (Å²) in [6.07, 6.45) is 16.4. The van der Waals surface area contributed by atoms with E-state index in [0.717, 1.165) is 51.2 Å². The van der Waals surface area contributed by atoms with Crippen molar-refractivity contribution in [1.82, 2.24) is 14.5 Å². The molecule has 1 aromatic rings. The maximum atomic E-state index is 12.8. The second-order valence-corrected chi connectivity index (χ2v) is 8.17. The third kappa shape index (κ3) is 3.68. The fourth-order valence-corrected chi connectivity index (χ4v) is 4.56. The van der Waals surface area contributed by atoms with E-state index >= 15 is 0 Å². The molecular formula is C20H31N3O. The van der Waals surface area contributed by atoms with Crippen LogP contribution in [0.25, 0.3) is 0 Å². The molecule has 0 unspecified atom stereocenters. The number of carbonyl (C=O) groups excluding carboxylic acids is 1. The Hall–Kier alpha value is -1.32. The number of nitrogens with zero attached hydrogens (tertiary/aromatic N) is 3. The SMILES string of the molecule is O=C(C1CCCCCC1)N1CCC(c2nccn2CC2CC2)CC1. The predicted molar refractivity (Wildman–Crippen MR) is 94.7 cm³/mol. The smallest absolute Gasteiger partial charge is 0.225 e. The highest BCUT2D eigenvalue weighted by atomic mass is 16.2. The molecule has 4 rings (SSSR count). The van der Waals surface area contributed by atoms with E-state index in [0.29, 0.717) is 17.7 Å². The molecule has 2 aliphatic carbocycles. The Balaban J connectivity index is 1.33. The molecule has 1 aliphatic heterocycles. The molecule has 1 amide bonds. The first-order valence-corrected chi connectivity index (χ1v) is 10.1. The standard InChI is InChI=1S/C20H31N3O/c24-20(18-5-3-1-2-4-6-18)22-12-9-17(10-13-22)19-21-11-14-23(19)15-16-7-8-16/h11,14,16-18H,1-10,12-13,15H2.